The maximum Gasteiger partial charge on any atom is 0.123 e. The average Bonchev–Trinajstić information content (AvgIpc) is 2.31. The second-order valence-electron chi connectivity index (χ2n) is 5.60. The standard InChI is InChI=1S/C15H23N3/c1-10-4-5-12(3)18(9-10)13-6-7-14(15(16)17)11(2)8-13/h6-8,10,12H,4-5,9H2,1-3H3,(H3,16,17). The van der Waals surface area contributed by atoms with Gasteiger partial charge in [0.2, 0.25) is 0 Å². The van der Waals surface area contributed by atoms with Crippen LogP contribution in [0.2, 0.25) is 0 Å². The highest BCUT2D eigenvalue weighted by molar-refractivity contribution is 5.96. The first-order valence-electron chi connectivity index (χ1n) is 6.70. The van der Waals surface area contributed by atoms with Crippen LogP contribution in [0.5, 0.6) is 0 Å². The lowest BCUT2D eigenvalue weighted by molar-refractivity contribution is 0.390. The van der Waals surface area contributed by atoms with Gasteiger partial charge in [0.15, 0.2) is 0 Å². The molecule has 2 rings (SSSR count). The highest BCUT2D eigenvalue weighted by Crippen LogP contribution is 2.28. The fourth-order valence-electron chi connectivity index (χ4n) is 2.78. The van der Waals surface area contributed by atoms with E-state index in [0.29, 0.717) is 6.04 Å². The zero-order valence-electron chi connectivity index (χ0n) is 11.5. The molecule has 1 fully saturated rings. The minimum Gasteiger partial charge on any atom is -0.384 e. The van der Waals surface area contributed by atoms with Gasteiger partial charge in [-0.15, -0.1) is 0 Å². The predicted octanol–water partition coefficient (Wildman–Crippen LogP) is 2.90. The van der Waals surface area contributed by atoms with Crippen LogP contribution in [0.4, 0.5) is 5.69 Å². The van der Waals surface area contributed by atoms with Crippen molar-refractivity contribution >= 4 is 11.5 Å². The molecule has 0 amide bonds. The van der Waals surface area contributed by atoms with E-state index in [1.807, 2.05) is 13.0 Å². The summed E-state index contributed by atoms with van der Waals surface area (Å²) in [5, 5.41) is 7.53. The van der Waals surface area contributed by atoms with Crippen LogP contribution in [-0.4, -0.2) is 18.4 Å². The van der Waals surface area contributed by atoms with E-state index in [1.54, 1.807) is 0 Å². The molecule has 0 bridgehead atoms. The van der Waals surface area contributed by atoms with Crippen molar-refractivity contribution in [3.05, 3.63) is 29.3 Å². The Morgan fingerprint density at radius 3 is 2.67 bits per heavy atom. The van der Waals surface area contributed by atoms with Crippen molar-refractivity contribution in [1.82, 2.24) is 0 Å². The van der Waals surface area contributed by atoms with Crippen LogP contribution < -0.4 is 10.6 Å². The average molecular weight is 245 g/mol. The Labute approximate surface area is 109 Å². The highest BCUT2D eigenvalue weighted by Gasteiger charge is 2.23. The van der Waals surface area contributed by atoms with E-state index in [2.05, 4.69) is 30.9 Å². The van der Waals surface area contributed by atoms with Gasteiger partial charge in [-0.25, -0.2) is 0 Å². The molecule has 0 aliphatic carbocycles. The summed E-state index contributed by atoms with van der Waals surface area (Å²) in [5.41, 5.74) is 8.76. The number of amidine groups is 1. The molecule has 1 aliphatic rings. The van der Waals surface area contributed by atoms with Crippen LogP contribution in [0.25, 0.3) is 0 Å². The fourth-order valence-corrected chi connectivity index (χ4v) is 2.78. The van der Waals surface area contributed by atoms with Crippen molar-refractivity contribution in [1.29, 1.82) is 5.41 Å². The van der Waals surface area contributed by atoms with Crippen LogP contribution in [0.1, 0.15) is 37.8 Å². The molecular weight excluding hydrogens is 222 g/mol. The van der Waals surface area contributed by atoms with Crippen molar-refractivity contribution in [3.8, 4) is 0 Å². The summed E-state index contributed by atoms with van der Waals surface area (Å²) in [6.45, 7) is 7.76. The van der Waals surface area contributed by atoms with Crippen molar-refractivity contribution in [3.63, 3.8) is 0 Å². The Morgan fingerprint density at radius 2 is 2.06 bits per heavy atom. The van der Waals surface area contributed by atoms with Gasteiger partial charge in [-0.05, 0) is 56.4 Å². The van der Waals surface area contributed by atoms with Crippen molar-refractivity contribution < 1.29 is 0 Å². The number of nitrogen functional groups attached to an aromatic ring is 1. The third-order valence-electron chi connectivity index (χ3n) is 3.95. The number of hydrogen-bond donors (Lipinski definition) is 2. The lowest BCUT2D eigenvalue weighted by atomic mass is 9.94. The molecule has 1 aromatic rings. The van der Waals surface area contributed by atoms with Crippen molar-refractivity contribution in [2.75, 3.05) is 11.4 Å². The number of piperidine rings is 1. The zero-order chi connectivity index (χ0) is 13.3. The SMILES string of the molecule is Cc1cc(N2CC(C)CCC2C)ccc1C(=N)N. The number of hydrogen-bond acceptors (Lipinski definition) is 2. The minimum atomic E-state index is 0.152. The molecule has 0 saturated carbocycles. The second-order valence-corrected chi connectivity index (χ2v) is 5.60. The minimum absolute atomic E-state index is 0.152. The van der Waals surface area contributed by atoms with E-state index in [0.717, 1.165) is 23.6 Å². The predicted molar refractivity (Wildman–Crippen MR) is 77.4 cm³/mol. The largest absolute Gasteiger partial charge is 0.384 e. The molecule has 1 aromatic carbocycles. The summed E-state index contributed by atoms with van der Waals surface area (Å²) < 4.78 is 0. The van der Waals surface area contributed by atoms with E-state index in [4.69, 9.17) is 11.1 Å². The number of anilines is 1. The summed E-state index contributed by atoms with van der Waals surface area (Å²) in [5.74, 6) is 0.910. The lowest BCUT2D eigenvalue weighted by Crippen LogP contribution is -2.41. The van der Waals surface area contributed by atoms with Crippen LogP contribution in [-0.2, 0) is 0 Å². The molecule has 1 aliphatic heterocycles. The Hall–Kier alpha value is -1.51. The van der Waals surface area contributed by atoms with Crippen molar-refractivity contribution in [2.24, 2.45) is 11.7 Å². The second kappa shape index (κ2) is 5.01. The molecule has 2 atom stereocenters. The molecule has 3 N–H and O–H groups in total. The van der Waals surface area contributed by atoms with Crippen LogP contribution in [0, 0.1) is 18.3 Å². The van der Waals surface area contributed by atoms with Gasteiger partial charge in [0.1, 0.15) is 5.84 Å². The molecule has 2 unspecified atom stereocenters. The molecule has 18 heavy (non-hydrogen) atoms. The molecular formula is C15H23N3. The molecule has 3 heteroatoms. The van der Waals surface area contributed by atoms with E-state index >= 15 is 0 Å². The summed E-state index contributed by atoms with van der Waals surface area (Å²) in [6, 6.07) is 6.83. The summed E-state index contributed by atoms with van der Waals surface area (Å²) >= 11 is 0. The Bertz CT molecular complexity index is 453. The Balaban J connectivity index is 2.28. The van der Waals surface area contributed by atoms with Crippen LogP contribution in [0.15, 0.2) is 18.2 Å². The van der Waals surface area contributed by atoms with Gasteiger partial charge in [0.05, 0.1) is 0 Å². The van der Waals surface area contributed by atoms with Gasteiger partial charge in [0.25, 0.3) is 0 Å². The fraction of sp³-hybridized carbons (Fsp3) is 0.533. The molecule has 0 radical (unpaired) electrons. The number of nitrogens with two attached hydrogens (primary N) is 1. The van der Waals surface area contributed by atoms with Crippen molar-refractivity contribution in [2.45, 2.75) is 39.7 Å². The van der Waals surface area contributed by atoms with E-state index in [9.17, 15) is 0 Å². The first-order chi connectivity index (χ1) is 8.49. The van der Waals surface area contributed by atoms with Gasteiger partial charge >= 0.3 is 0 Å². The maximum absolute atomic E-state index is 7.53. The third-order valence-corrected chi connectivity index (χ3v) is 3.95. The summed E-state index contributed by atoms with van der Waals surface area (Å²) in [4.78, 5) is 2.48. The third kappa shape index (κ3) is 2.50. The zero-order valence-corrected chi connectivity index (χ0v) is 11.5. The molecule has 0 aromatic heterocycles. The van der Waals surface area contributed by atoms with E-state index < -0.39 is 0 Å². The Kier molecular flexibility index (Phi) is 3.60. The Morgan fingerprint density at radius 1 is 1.33 bits per heavy atom. The maximum atomic E-state index is 7.53. The van der Waals surface area contributed by atoms with Gasteiger partial charge in [0, 0.05) is 23.8 Å². The molecule has 0 spiro atoms. The lowest BCUT2D eigenvalue weighted by Gasteiger charge is -2.38. The molecule has 1 heterocycles. The van der Waals surface area contributed by atoms with Crippen LogP contribution >= 0.6 is 0 Å². The molecule has 3 nitrogen and oxygen atoms in total. The quantitative estimate of drug-likeness (QED) is 0.622. The van der Waals surface area contributed by atoms with Gasteiger partial charge in [-0.1, -0.05) is 6.92 Å². The first-order valence-corrected chi connectivity index (χ1v) is 6.70. The topological polar surface area (TPSA) is 53.1 Å². The molecule has 1 saturated heterocycles. The highest BCUT2D eigenvalue weighted by atomic mass is 15.2. The van der Waals surface area contributed by atoms with E-state index in [1.165, 1.54) is 18.5 Å². The first kappa shape index (κ1) is 12.9. The van der Waals surface area contributed by atoms with E-state index in [-0.39, 0.29) is 5.84 Å². The molecule has 98 valence electrons. The van der Waals surface area contributed by atoms with Gasteiger partial charge < -0.3 is 10.6 Å². The smallest absolute Gasteiger partial charge is 0.123 e. The number of rotatable bonds is 2. The van der Waals surface area contributed by atoms with Gasteiger partial charge in [-0.3, -0.25) is 5.41 Å². The number of aryl methyl sites for hydroxylation is 1. The van der Waals surface area contributed by atoms with Crippen LogP contribution in [0.3, 0.4) is 0 Å². The monoisotopic (exact) mass is 245 g/mol. The normalized spacial score (nSPS) is 24.1. The summed E-state index contributed by atoms with van der Waals surface area (Å²) in [7, 11) is 0. The summed E-state index contributed by atoms with van der Waals surface area (Å²) in [6.07, 6.45) is 2.58. The van der Waals surface area contributed by atoms with Gasteiger partial charge in [-0.2, -0.15) is 0 Å². The number of benzene rings is 1. The number of nitrogens with one attached hydrogen (secondary N) is 1. The number of nitrogens with zero attached hydrogens (tertiary/aromatic N) is 1.